The van der Waals surface area contributed by atoms with Crippen molar-refractivity contribution in [2.45, 2.75) is 32.4 Å². The minimum Gasteiger partial charge on any atom is -0.469 e. The minimum absolute atomic E-state index is 0.0800. The van der Waals surface area contributed by atoms with Crippen LogP contribution >= 0.6 is 0 Å². The maximum atomic E-state index is 11.3. The summed E-state index contributed by atoms with van der Waals surface area (Å²) in [5.41, 5.74) is 1.25. The second-order valence-corrected chi connectivity index (χ2v) is 5.14. The highest BCUT2D eigenvalue weighted by Crippen LogP contribution is 2.24. The van der Waals surface area contributed by atoms with E-state index in [2.05, 4.69) is 48.6 Å². The van der Waals surface area contributed by atoms with Gasteiger partial charge in [-0.1, -0.05) is 42.5 Å². The Morgan fingerprint density at radius 3 is 2.60 bits per heavy atom. The lowest BCUT2D eigenvalue weighted by molar-refractivity contribution is -0.141. The van der Waals surface area contributed by atoms with Crippen LogP contribution in [0.3, 0.4) is 0 Å². The average Bonchev–Trinajstić information content (AvgIpc) is 2.46. The van der Waals surface area contributed by atoms with E-state index < -0.39 is 0 Å². The largest absolute Gasteiger partial charge is 0.469 e. The molecule has 0 radical (unpaired) electrons. The van der Waals surface area contributed by atoms with E-state index in [9.17, 15) is 4.79 Å². The van der Waals surface area contributed by atoms with Crippen LogP contribution in [0.2, 0.25) is 0 Å². The van der Waals surface area contributed by atoms with Gasteiger partial charge >= 0.3 is 5.97 Å². The maximum Gasteiger partial charge on any atom is 0.307 e. The zero-order valence-corrected chi connectivity index (χ0v) is 12.2. The van der Waals surface area contributed by atoms with Crippen LogP contribution < -0.4 is 5.32 Å². The van der Waals surface area contributed by atoms with Gasteiger partial charge < -0.3 is 10.1 Å². The molecule has 0 saturated carbocycles. The number of carbonyl (C=O) groups excluding carboxylic acids is 1. The van der Waals surface area contributed by atoms with Crippen molar-refractivity contribution in [3.8, 4) is 0 Å². The Hall–Kier alpha value is -1.87. The number of methoxy groups -OCH3 is 1. The van der Waals surface area contributed by atoms with E-state index in [1.54, 1.807) is 0 Å². The van der Waals surface area contributed by atoms with E-state index >= 15 is 0 Å². The Morgan fingerprint density at radius 1 is 1.15 bits per heavy atom. The molecular weight excluding hydrogens is 250 g/mol. The number of hydrogen-bond acceptors (Lipinski definition) is 3. The quantitative estimate of drug-likeness (QED) is 0.847. The number of fused-ring (bicyclic) bond motifs is 1. The molecule has 0 saturated heterocycles. The van der Waals surface area contributed by atoms with E-state index in [-0.39, 0.29) is 18.1 Å². The van der Waals surface area contributed by atoms with Crippen LogP contribution in [0.5, 0.6) is 0 Å². The molecule has 3 heteroatoms. The first-order valence-corrected chi connectivity index (χ1v) is 6.92. The van der Waals surface area contributed by atoms with Crippen molar-refractivity contribution in [3.05, 3.63) is 48.0 Å². The highest BCUT2D eigenvalue weighted by atomic mass is 16.5. The Morgan fingerprint density at radius 2 is 1.85 bits per heavy atom. The summed E-state index contributed by atoms with van der Waals surface area (Å²) in [5, 5.41) is 5.94. The van der Waals surface area contributed by atoms with Crippen LogP contribution in [-0.4, -0.2) is 19.1 Å². The highest BCUT2D eigenvalue weighted by molar-refractivity contribution is 5.86. The molecule has 2 aromatic rings. The van der Waals surface area contributed by atoms with Gasteiger partial charge in [0.05, 0.1) is 13.5 Å². The molecule has 20 heavy (non-hydrogen) atoms. The van der Waals surface area contributed by atoms with Gasteiger partial charge in [-0.25, -0.2) is 0 Å². The van der Waals surface area contributed by atoms with E-state index in [1.807, 2.05) is 13.0 Å². The Bertz CT molecular complexity index is 589. The van der Waals surface area contributed by atoms with Gasteiger partial charge in [-0.05, 0) is 30.2 Å². The fraction of sp³-hybridized carbons (Fsp3) is 0.353. The summed E-state index contributed by atoms with van der Waals surface area (Å²) in [6.45, 7) is 4.12. The van der Waals surface area contributed by atoms with Gasteiger partial charge in [0.1, 0.15) is 0 Å². The fourth-order valence-corrected chi connectivity index (χ4v) is 2.54. The van der Waals surface area contributed by atoms with Gasteiger partial charge in [0.15, 0.2) is 0 Å². The van der Waals surface area contributed by atoms with E-state index in [0.717, 1.165) is 0 Å². The number of ether oxygens (including phenoxy) is 1. The first-order chi connectivity index (χ1) is 9.61. The molecule has 0 spiro atoms. The number of rotatable bonds is 5. The molecule has 0 bridgehead atoms. The van der Waals surface area contributed by atoms with Crippen molar-refractivity contribution in [1.29, 1.82) is 0 Å². The molecule has 2 rings (SSSR count). The third-order valence-corrected chi connectivity index (χ3v) is 3.52. The van der Waals surface area contributed by atoms with E-state index in [0.29, 0.717) is 6.42 Å². The zero-order chi connectivity index (χ0) is 14.5. The maximum absolute atomic E-state index is 11.3. The van der Waals surface area contributed by atoms with Crippen molar-refractivity contribution < 1.29 is 9.53 Å². The lowest BCUT2D eigenvalue weighted by atomic mass is 9.99. The number of carbonyl (C=O) groups is 1. The highest BCUT2D eigenvalue weighted by Gasteiger charge is 2.14. The standard InChI is InChI=1S/C17H21NO2/c1-12(11-17(19)20-3)18-13(2)15-10-6-8-14-7-4-5-9-16(14)15/h4-10,12-13,18H,11H2,1-3H3/t12-,13-/m1/s1. The van der Waals surface area contributed by atoms with Crippen molar-refractivity contribution in [3.63, 3.8) is 0 Å². The topological polar surface area (TPSA) is 38.3 Å². The van der Waals surface area contributed by atoms with Gasteiger partial charge in [0.2, 0.25) is 0 Å². The number of benzene rings is 2. The number of hydrogen-bond donors (Lipinski definition) is 1. The van der Waals surface area contributed by atoms with Crippen molar-refractivity contribution in [2.24, 2.45) is 0 Å². The first kappa shape index (κ1) is 14.5. The molecule has 0 aliphatic heterocycles. The predicted molar refractivity (Wildman–Crippen MR) is 81.6 cm³/mol. The molecule has 0 amide bonds. The zero-order valence-electron chi connectivity index (χ0n) is 12.2. The molecule has 0 unspecified atom stereocenters. The Labute approximate surface area is 119 Å². The average molecular weight is 271 g/mol. The molecule has 0 fully saturated rings. The molecule has 1 N–H and O–H groups in total. The third-order valence-electron chi connectivity index (χ3n) is 3.52. The number of esters is 1. The Kier molecular flexibility index (Phi) is 4.74. The van der Waals surface area contributed by atoms with Crippen LogP contribution in [0.25, 0.3) is 10.8 Å². The van der Waals surface area contributed by atoms with Crippen LogP contribution in [0.15, 0.2) is 42.5 Å². The summed E-state index contributed by atoms with van der Waals surface area (Å²) in [7, 11) is 1.42. The summed E-state index contributed by atoms with van der Waals surface area (Å²) in [6, 6.07) is 14.9. The van der Waals surface area contributed by atoms with Crippen LogP contribution in [0.4, 0.5) is 0 Å². The van der Waals surface area contributed by atoms with E-state index in [4.69, 9.17) is 4.74 Å². The van der Waals surface area contributed by atoms with Gasteiger partial charge in [-0.2, -0.15) is 0 Å². The molecule has 106 valence electrons. The summed E-state index contributed by atoms with van der Waals surface area (Å²) >= 11 is 0. The summed E-state index contributed by atoms with van der Waals surface area (Å²) in [5.74, 6) is -0.185. The van der Waals surface area contributed by atoms with E-state index in [1.165, 1.54) is 23.4 Å². The SMILES string of the molecule is COC(=O)C[C@@H](C)N[C@H](C)c1cccc2ccccc12. The first-order valence-electron chi connectivity index (χ1n) is 6.92. The molecule has 2 aromatic carbocycles. The van der Waals surface area contributed by atoms with Crippen LogP contribution in [0.1, 0.15) is 31.9 Å². The lowest BCUT2D eigenvalue weighted by Crippen LogP contribution is -2.31. The van der Waals surface area contributed by atoms with Crippen molar-refractivity contribution >= 4 is 16.7 Å². The smallest absolute Gasteiger partial charge is 0.307 e. The molecule has 3 nitrogen and oxygen atoms in total. The predicted octanol–water partition coefficient (Wildman–Crippen LogP) is 3.44. The molecule has 0 aliphatic carbocycles. The third kappa shape index (κ3) is 3.36. The number of nitrogens with one attached hydrogen (secondary N) is 1. The van der Waals surface area contributed by atoms with Crippen LogP contribution in [0, 0.1) is 0 Å². The second kappa shape index (κ2) is 6.53. The molecule has 0 aliphatic rings. The molecular formula is C17H21NO2. The molecule has 2 atom stereocenters. The minimum atomic E-state index is -0.185. The molecule has 0 heterocycles. The summed E-state index contributed by atoms with van der Waals surface area (Å²) < 4.78 is 4.70. The van der Waals surface area contributed by atoms with Gasteiger partial charge in [0.25, 0.3) is 0 Å². The van der Waals surface area contributed by atoms with Crippen LogP contribution in [-0.2, 0) is 9.53 Å². The normalized spacial score (nSPS) is 13.9. The van der Waals surface area contributed by atoms with Gasteiger partial charge in [-0.3, -0.25) is 4.79 Å². The second-order valence-electron chi connectivity index (χ2n) is 5.14. The summed E-state index contributed by atoms with van der Waals surface area (Å²) in [4.78, 5) is 11.3. The van der Waals surface area contributed by atoms with Crippen molar-refractivity contribution in [2.75, 3.05) is 7.11 Å². The van der Waals surface area contributed by atoms with Gasteiger partial charge in [-0.15, -0.1) is 0 Å². The summed E-state index contributed by atoms with van der Waals surface area (Å²) in [6.07, 6.45) is 0.381. The monoisotopic (exact) mass is 271 g/mol. The Balaban J connectivity index is 2.15. The molecule has 0 aromatic heterocycles. The fourth-order valence-electron chi connectivity index (χ4n) is 2.54. The lowest BCUT2D eigenvalue weighted by Gasteiger charge is -2.21. The van der Waals surface area contributed by atoms with Gasteiger partial charge in [0, 0.05) is 12.1 Å². The van der Waals surface area contributed by atoms with Crippen molar-refractivity contribution in [1.82, 2.24) is 5.32 Å².